The van der Waals surface area contributed by atoms with Gasteiger partial charge < -0.3 is 9.52 Å². The molecule has 3 rings (SSSR count). The number of hydrogen-bond donors (Lipinski definition) is 1. The van der Waals surface area contributed by atoms with Crippen LogP contribution in [0.2, 0.25) is 5.02 Å². The van der Waals surface area contributed by atoms with Crippen molar-refractivity contribution in [3.05, 3.63) is 63.5 Å². The van der Waals surface area contributed by atoms with Crippen molar-refractivity contribution in [1.82, 2.24) is 9.78 Å². The van der Waals surface area contributed by atoms with Gasteiger partial charge in [-0.2, -0.15) is 13.2 Å². The van der Waals surface area contributed by atoms with Crippen LogP contribution in [-0.4, -0.2) is 14.9 Å². The number of hydrogen-bond acceptors (Lipinski definition) is 4. The normalized spacial score (nSPS) is 11.7. The molecule has 0 amide bonds. The SMILES string of the molecule is Oc1ccc(Cl)cc1Cn1nc(-c2ccc(C(F)(F)F)cc2)oc1=S. The van der Waals surface area contributed by atoms with Gasteiger partial charge in [0, 0.05) is 16.1 Å². The van der Waals surface area contributed by atoms with Crippen LogP contribution in [0.25, 0.3) is 11.5 Å². The lowest BCUT2D eigenvalue weighted by Crippen LogP contribution is -2.04. The van der Waals surface area contributed by atoms with E-state index in [2.05, 4.69) is 5.10 Å². The summed E-state index contributed by atoms with van der Waals surface area (Å²) in [5.74, 6) is 0.102. The van der Waals surface area contributed by atoms with Crippen molar-refractivity contribution < 1.29 is 22.7 Å². The molecule has 1 heterocycles. The maximum absolute atomic E-state index is 12.6. The number of rotatable bonds is 3. The molecule has 0 fully saturated rings. The first-order chi connectivity index (χ1) is 11.7. The third-order valence-corrected chi connectivity index (χ3v) is 3.96. The van der Waals surface area contributed by atoms with E-state index in [1.54, 1.807) is 6.07 Å². The number of aromatic hydroxyl groups is 1. The summed E-state index contributed by atoms with van der Waals surface area (Å²) in [4.78, 5) is 0.0225. The van der Waals surface area contributed by atoms with Gasteiger partial charge in [0.1, 0.15) is 5.75 Å². The van der Waals surface area contributed by atoms with Crippen molar-refractivity contribution in [3.63, 3.8) is 0 Å². The van der Waals surface area contributed by atoms with E-state index in [0.29, 0.717) is 16.1 Å². The average molecular weight is 387 g/mol. The summed E-state index contributed by atoms with van der Waals surface area (Å²) < 4.78 is 44.5. The average Bonchev–Trinajstić information content (AvgIpc) is 2.91. The molecule has 25 heavy (non-hydrogen) atoms. The van der Waals surface area contributed by atoms with Crippen LogP contribution >= 0.6 is 23.8 Å². The highest BCUT2D eigenvalue weighted by molar-refractivity contribution is 7.71. The molecule has 2 aromatic carbocycles. The highest BCUT2D eigenvalue weighted by atomic mass is 35.5. The van der Waals surface area contributed by atoms with Gasteiger partial charge in [-0.15, -0.1) is 5.10 Å². The molecule has 130 valence electrons. The molecule has 0 bridgehead atoms. The molecule has 0 aliphatic heterocycles. The Labute approximate surface area is 150 Å². The Morgan fingerprint density at radius 2 is 1.84 bits per heavy atom. The van der Waals surface area contributed by atoms with Gasteiger partial charge in [-0.25, -0.2) is 4.68 Å². The van der Waals surface area contributed by atoms with E-state index in [0.717, 1.165) is 12.1 Å². The molecule has 0 atom stereocenters. The Morgan fingerprint density at radius 3 is 2.48 bits per heavy atom. The van der Waals surface area contributed by atoms with Crippen molar-refractivity contribution in [2.75, 3.05) is 0 Å². The van der Waals surface area contributed by atoms with Crippen LogP contribution in [0, 0.1) is 4.84 Å². The molecule has 9 heteroatoms. The van der Waals surface area contributed by atoms with Crippen molar-refractivity contribution in [3.8, 4) is 17.2 Å². The summed E-state index contributed by atoms with van der Waals surface area (Å²) in [6.07, 6.45) is -4.41. The molecular weight excluding hydrogens is 377 g/mol. The predicted molar refractivity (Wildman–Crippen MR) is 88.0 cm³/mol. The molecule has 4 nitrogen and oxygen atoms in total. The van der Waals surface area contributed by atoms with Crippen LogP contribution in [0.1, 0.15) is 11.1 Å². The minimum Gasteiger partial charge on any atom is -0.508 e. The van der Waals surface area contributed by atoms with E-state index in [9.17, 15) is 18.3 Å². The molecule has 0 aliphatic carbocycles. The number of phenolic OH excluding ortho intramolecular Hbond substituents is 1. The van der Waals surface area contributed by atoms with Gasteiger partial charge in [-0.05, 0) is 54.7 Å². The second-order valence-electron chi connectivity index (χ2n) is 5.18. The fraction of sp³-hybridized carbons (Fsp3) is 0.125. The Bertz CT molecular complexity index is 965. The first kappa shape index (κ1) is 17.5. The highest BCUT2D eigenvalue weighted by Crippen LogP contribution is 2.31. The quantitative estimate of drug-likeness (QED) is 0.621. The van der Waals surface area contributed by atoms with Crippen molar-refractivity contribution in [1.29, 1.82) is 0 Å². The third kappa shape index (κ3) is 3.85. The first-order valence-electron chi connectivity index (χ1n) is 6.97. The topological polar surface area (TPSA) is 51.2 Å². The number of nitrogens with zero attached hydrogens (tertiary/aromatic N) is 2. The third-order valence-electron chi connectivity index (χ3n) is 3.43. The van der Waals surface area contributed by atoms with Crippen molar-refractivity contribution in [2.24, 2.45) is 0 Å². The minimum absolute atomic E-state index is 0.0189. The van der Waals surface area contributed by atoms with Gasteiger partial charge in [0.25, 0.3) is 4.84 Å². The van der Waals surface area contributed by atoms with E-state index >= 15 is 0 Å². The van der Waals surface area contributed by atoms with Crippen LogP contribution in [0.15, 0.2) is 46.9 Å². The van der Waals surface area contributed by atoms with Gasteiger partial charge in [0.05, 0.1) is 12.1 Å². The zero-order chi connectivity index (χ0) is 18.2. The Kier molecular flexibility index (Phi) is 4.57. The lowest BCUT2D eigenvalue weighted by molar-refractivity contribution is -0.137. The molecule has 0 radical (unpaired) electrons. The number of halogens is 4. The largest absolute Gasteiger partial charge is 0.508 e. The number of phenols is 1. The first-order valence-corrected chi connectivity index (χ1v) is 7.75. The zero-order valence-electron chi connectivity index (χ0n) is 12.4. The van der Waals surface area contributed by atoms with Crippen molar-refractivity contribution >= 4 is 23.8 Å². The maximum Gasteiger partial charge on any atom is 0.416 e. The molecule has 0 spiro atoms. The number of aromatic nitrogens is 2. The van der Waals surface area contributed by atoms with Crippen molar-refractivity contribution in [2.45, 2.75) is 12.7 Å². The summed E-state index contributed by atoms with van der Waals surface area (Å²) in [5, 5.41) is 14.4. The molecule has 3 aromatic rings. The van der Waals surface area contributed by atoms with Crippen LogP contribution in [-0.2, 0) is 12.7 Å². The molecule has 0 saturated carbocycles. The molecular formula is C16H10ClF3N2O2S. The predicted octanol–water partition coefficient (Wildman–Crippen LogP) is 5.30. The molecule has 0 saturated heterocycles. The van der Waals surface area contributed by atoms with E-state index in [4.69, 9.17) is 28.2 Å². The van der Waals surface area contributed by atoms with Gasteiger partial charge in [-0.3, -0.25) is 0 Å². The summed E-state index contributed by atoms with van der Waals surface area (Å²) in [7, 11) is 0. The highest BCUT2D eigenvalue weighted by Gasteiger charge is 2.30. The van der Waals surface area contributed by atoms with Gasteiger partial charge in [-0.1, -0.05) is 11.6 Å². The zero-order valence-corrected chi connectivity index (χ0v) is 14.0. The summed E-state index contributed by atoms with van der Waals surface area (Å²) in [6, 6.07) is 8.93. The smallest absolute Gasteiger partial charge is 0.416 e. The number of benzene rings is 2. The number of alkyl halides is 3. The second kappa shape index (κ2) is 6.53. The fourth-order valence-corrected chi connectivity index (χ4v) is 2.55. The Hall–Kier alpha value is -2.32. The Morgan fingerprint density at radius 1 is 1.16 bits per heavy atom. The monoisotopic (exact) mass is 386 g/mol. The van der Waals surface area contributed by atoms with E-state index in [1.165, 1.54) is 28.9 Å². The molecule has 1 N–H and O–H groups in total. The fourth-order valence-electron chi connectivity index (χ4n) is 2.17. The lowest BCUT2D eigenvalue weighted by Gasteiger charge is -2.06. The van der Waals surface area contributed by atoms with Crippen LogP contribution in [0.4, 0.5) is 13.2 Å². The summed E-state index contributed by atoms with van der Waals surface area (Å²) in [5.41, 5.74) is 0.0714. The maximum atomic E-state index is 12.6. The van der Waals surface area contributed by atoms with Gasteiger partial charge in [0.2, 0.25) is 5.89 Å². The van der Waals surface area contributed by atoms with Crippen LogP contribution in [0.3, 0.4) is 0 Å². The van der Waals surface area contributed by atoms with Gasteiger partial charge >= 0.3 is 6.18 Å². The summed E-state index contributed by atoms with van der Waals surface area (Å²) in [6.45, 7) is 0.107. The van der Waals surface area contributed by atoms with Crippen LogP contribution < -0.4 is 0 Å². The summed E-state index contributed by atoms with van der Waals surface area (Å²) >= 11 is 11.0. The van der Waals surface area contributed by atoms with Crippen LogP contribution in [0.5, 0.6) is 5.75 Å². The standard InChI is InChI=1S/C16H10ClF3N2O2S/c17-12-5-6-13(23)10(7-12)8-22-15(25)24-14(21-22)9-1-3-11(4-2-9)16(18,19)20/h1-7,23H,8H2. The van der Waals surface area contributed by atoms with E-state index in [-0.39, 0.29) is 23.0 Å². The molecule has 1 aromatic heterocycles. The second-order valence-corrected chi connectivity index (χ2v) is 5.96. The molecule has 0 unspecified atom stereocenters. The Balaban J connectivity index is 1.90. The van der Waals surface area contributed by atoms with E-state index in [1.807, 2.05) is 0 Å². The molecule has 0 aliphatic rings. The minimum atomic E-state index is -4.41. The van der Waals surface area contributed by atoms with E-state index < -0.39 is 11.7 Å². The van der Waals surface area contributed by atoms with Gasteiger partial charge in [0.15, 0.2) is 0 Å². The lowest BCUT2D eigenvalue weighted by atomic mass is 10.1.